The topological polar surface area (TPSA) is 66.3 Å². The van der Waals surface area contributed by atoms with Crippen molar-refractivity contribution < 1.29 is 13.6 Å². The second kappa shape index (κ2) is 11.7. The average Bonchev–Trinajstić information content (AvgIpc) is 3.33. The number of rotatable bonds is 8. The minimum absolute atomic E-state index is 0.0664. The number of fused-ring (bicyclic) bond motifs is 3. The van der Waals surface area contributed by atoms with E-state index >= 15 is 0 Å². The Balaban J connectivity index is 1.17. The molecule has 208 valence electrons. The van der Waals surface area contributed by atoms with Crippen molar-refractivity contribution in [2.75, 3.05) is 44.2 Å². The molecule has 9 heteroatoms. The van der Waals surface area contributed by atoms with E-state index in [-0.39, 0.29) is 5.91 Å². The first kappa shape index (κ1) is 26.4. The van der Waals surface area contributed by atoms with Gasteiger partial charge in [-0.3, -0.25) is 9.69 Å². The van der Waals surface area contributed by atoms with E-state index in [1.165, 1.54) is 17.7 Å². The Morgan fingerprint density at radius 1 is 0.875 bits per heavy atom. The van der Waals surface area contributed by atoms with Gasteiger partial charge in [-0.25, -0.2) is 18.7 Å². The Bertz CT molecular complexity index is 1500. The third kappa shape index (κ3) is 5.43. The van der Waals surface area contributed by atoms with E-state index in [1.807, 2.05) is 18.2 Å². The number of anilines is 1. The summed E-state index contributed by atoms with van der Waals surface area (Å²) >= 11 is 0. The van der Waals surface area contributed by atoms with Crippen LogP contribution in [0.25, 0.3) is 11.0 Å². The molecule has 1 fully saturated rings. The number of hydrogen-bond acceptors (Lipinski definition) is 5. The van der Waals surface area contributed by atoms with Gasteiger partial charge in [-0.2, -0.15) is 0 Å². The van der Waals surface area contributed by atoms with Gasteiger partial charge in [0.1, 0.15) is 17.4 Å². The molecule has 1 amide bonds. The van der Waals surface area contributed by atoms with Crippen LogP contribution in [0.2, 0.25) is 0 Å². The number of benzene rings is 2. The summed E-state index contributed by atoms with van der Waals surface area (Å²) in [5, 5.41) is 3.14. The third-order valence-corrected chi connectivity index (χ3v) is 8.11. The van der Waals surface area contributed by atoms with E-state index in [0.29, 0.717) is 18.5 Å². The van der Waals surface area contributed by atoms with E-state index in [4.69, 9.17) is 4.98 Å². The zero-order valence-corrected chi connectivity index (χ0v) is 22.6. The first-order valence-electron chi connectivity index (χ1n) is 14.2. The summed E-state index contributed by atoms with van der Waals surface area (Å²) in [6.07, 6.45) is 6.01. The van der Waals surface area contributed by atoms with Crippen LogP contribution in [0.4, 0.5) is 14.6 Å². The fraction of sp³-hybridized carbons (Fsp3) is 0.387. The number of piperazine rings is 1. The quantitative estimate of drug-likeness (QED) is 0.357. The molecule has 7 nitrogen and oxygen atoms in total. The molecule has 2 aliphatic rings. The Labute approximate surface area is 232 Å². The largest absolute Gasteiger partial charge is 0.352 e. The molecule has 1 saturated heterocycles. The van der Waals surface area contributed by atoms with E-state index < -0.39 is 11.6 Å². The Morgan fingerprint density at radius 2 is 1.70 bits per heavy atom. The highest BCUT2D eigenvalue weighted by Gasteiger charge is 2.29. The second-order valence-electron chi connectivity index (χ2n) is 10.6. The number of nitrogens with one attached hydrogen (secondary N) is 1. The monoisotopic (exact) mass is 544 g/mol. The van der Waals surface area contributed by atoms with Gasteiger partial charge in [-0.1, -0.05) is 36.4 Å². The summed E-state index contributed by atoms with van der Waals surface area (Å²) in [6, 6.07) is 14.3. The minimum Gasteiger partial charge on any atom is -0.352 e. The van der Waals surface area contributed by atoms with Crippen molar-refractivity contribution in [2.24, 2.45) is 0 Å². The molecule has 0 spiro atoms. The number of halogens is 2. The van der Waals surface area contributed by atoms with Gasteiger partial charge >= 0.3 is 0 Å². The van der Waals surface area contributed by atoms with Crippen LogP contribution in [0, 0.1) is 11.6 Å². The van der Waals surface area contributed by atoms with E-state index in [1.54, 1.807) is 12.4 Å². The minimum atomic E-state index is -0.811. The van der Waals surface area contributed by atoms with Crippen LogP contribution in [-0.2, 0) is 25.8 Å². The van der Waals surface area contributed by atoms with E-state index in [9.17, 15) is 13.6 Å². The molecule has 0 saturated carbocycles. The predicted octanol–water partition coefficient (Wildman–Crippen LogP) is 4.38. The van der Waals surface area contributed by atoms with Crippen molar-refractivity contribution in [3.8, 4) is 0 Å². The molecular weight excluding hydrogens is 510 g/mol. The summed E-state index contributed by atoms with van der Waals surface area (Å²) in [6.45, 7) is 5.49. The van der Waals surface area contributed by atoms with Crippen molar-refractivity contribution in [2.45, 2.75) is 38.6 Å². The molecule has 4 heterocycles. The molecule has 0 bridgehead atoms. The molecule has 0 radical (unpaired) electrons. The summed E-state index contributed by atoms with van der Waals surface area (Å²) < 4.78 is 29.1. The van der Waals surface area contributed by atoms with E-state index in [0.717, 1.165) is 93.1 Å². The second-order valence-corrected chi connectivity index (χ2v) is 10.6. The van der Waals surface area contributed by atoms with Gasteiger partial charge in [-0.15, -0.1) is 0 Å². The lowest BCUT2D eigenvalue weighted by molar-refractivity contribution is 0.0954. The highest BCUT2D eigenvalue weighted by atomic mass is 19.2. The maximum Gasteiger partial charge on any atom is 0.255 e. The lowest BCUT2D eigenvalue weighted by Crippen LogP contribution is -2.47. The molecular formula is C31H34F2N6O. The fourth-order valence-electron chi connectivity index (χ4n) is 5.97. The van der Waals surface area contributed by atoms with Crippen LogP contribution in [-0.4, -0.2) is 64.6 Å². The normalized spacial score (nSPS) is 15.8. The summed E-state index contributed by atoms with van der Waals surface area (Å²) in [4.78, 5) is 27.5. The highest BCUT2D eigenvalue weighted by Crippen LogP contribution is 2.34. The number of hydrogen-bond donors (Lipinski definition) is 1. The molecule has 4 aromatic rings. The molecule has 2 aromatic carbocycles. The number of aromatic nitrogens is 3. The number of nitrogens with zero attached hydrogens (tertiary/aromatic N) is 5. The highest BCUT2D eigenvalue weighted by molar-refractivity contribution is 6.09. The van der Waals surface area contributed by atoms with Crippen LogP contribution >= 0.6 is 0 Å². The van der Waals surface area contributed by atoms with Crippen molar-refractivity contribution in [3.63, 3.8) is 0 Å². The average molecular weight is 545 g/mol. The van der Waals surface area contributed by atoms with Gasteiger partial charge in [0.05, 0.1) is 5.56 Å². The molecule has 0 aliphatic carbocycles. The van der Waals surface area contributed by atoms with Crippen LogP contribution in [0.1, 0.15) is 40.0 Å². The molecule has 6 rings (SSSR count). The Kier molecular flexibility index (Phi) is 7.73. The van der Waals surface area contributed by atoms with Crippen LogP contribution in [0.5, 0.6) is 0 Å². The Hall–Kier alpha value is -3.85. The first-order valence-corrected chi connectivity index (χ1v) is 14.2. The first-order chi connectivity index (χ1) is 19.6. The smallest absolute Gasteiger partial charge is 0.255 e. The Morgan fingerprint density at radius 3 is 2.50 bits per heavy atom. The molecule has 2 aromatic heterocycles. The summed E-state index contributed by atoms with van der Waals surface area (Å²) in [7, 11) is 0. The molecule has 0 atom stereocenters. The van der Waals surface area contributed by atoms with Crippen molar-refractivity contribution in [1.29, 1.82) is 0 Å². The third-order valence-electron chi connectivity index (χ3n) is 8.11. The molecule has 2 aliphatic heterocycles. The lowest BCUT2D eigenvalue weighted by Gasteiger charge is -2.35. The predicted molar refractivity (Wildman–Crippen MR) is 152 cm³/mol. The van der Waals surface area contributed by atoms with Gasteiger partial charge in [-0.05, 0) is 55.4 Å². The van der Waals surface area contributed by atoms with Gasteiger partial charge in [0, 0.05) is 51.5 Å². The summed E-state index contributed by atoms with van der Waals surface area (Å²) in [5.74, 6) is -0.788. The van der Waals surface area contributed by atoms with Crippen molar-refractivity contribution >= 4 is 22.8 Å². The van der Waals surface area contributed by atoms with Crippen molar-refractivity contribution in [3.05, 3.63) is 88.9 Å². The van der Waals surface area contributed by atoms with Gasteiger partial charge < -0.3 is 14.8 Å². The van der Waals surface area contributed by atoms with E-state index in [2.05, 4.69) is 36.8 Å². The number of amides is 1. The summed E-state index contributed by atoms with van der Waals surface area (Å²) in [5.41, 5.74) is 5.44. The SMILES string of the molecule is O=C(NCCc1ccccc1)c1c2n(c3c(N4CCN(CCc5ccc(F)c(F)c5)CC4)ncnc13)CCCC2. The maximum atomic E-state index is 13.6. The fourth-order valence-corrected chi connectivity index (χ4v) is 5.97. The number of carbonyl (C=O) groups is 1. The van der Waals surface area contributed by atoms with Crippen LogP contribution in [0.3, 0.4) is 0 Å². The maximum absolute atomic E-state index is 13.6. The van der Waals surface area contributed by atoms with Crippen LogP contribution in [0.15, 0.2) is 54.9 Å². The molecule has 0 unspecified atom stereocenters. The number of carbonyl (C=O) groups excluding carboxylic acids is 1. The molecule has 40 heavy (non-hydrogen) atoms. The van der Waals surface area contributed by atoms with Crippen LogP contribution < -0.4 is 10.2 Å². The standard InChI is InChI=1S/C31H34F2N6O/c32-24-10-9-23(20-25(24)33)12-15-37-16-18-38(19-17-37)30-29-28(35-21-36-30)27(26-8-4-5-14-39(26)29)31(40)34-13-11-22-6-2-1-3-7-22/h1-3,6-7,9-10,20-21H,4-5,8,11-19H2,(H,34,40). The van der Waals surface area contributed by atoms with Gasteiger partial charge in [0.15, 0.2) is 17.5 Å². The van der Waals surface area contributed by atoms with Gasteiger partial charge in [0.2, 0.25) is 0 Å². The zero-order valence-electron chi connectivity index (χ0n) is 22.6. The van der Waals surface area contributed by atoms with Crippen molar-refractivity contribution in [1.82, 2.24) is 24.8 Å². The van der Waals surface area contributed by atoms with Gasteiger partial charge in [0.25, 0.3) is 5.91 Å². The molecule has 1 N–H and O–H groups in total. The number of aryl methyl sites for hydroxylation is 1. The zero-order chi connectivity index (χ0) is 27.5. The lowest BCUT2D eigenvalue weighted by atomic mass is 10.1.